The first kappa shape index (κ1) is 21.8. The van der Waals surface area contributed by atoms with Gasteiger partial charge in [-0.2, -0.15) is 13.2 Å². The molecule has 162 valence electrons. The van der Waals surface area contributed by atoms with E-state index < -0.39 is 12.1 Å². The van der Waals surface area contributed by atoms with Crippen LogP contribution in [0.1, 0.15) is 37.1 Å². The van der Waals surface area contributed by atoms with Crippen LogP contribution in [-0.2, 0) is 14.3 Å². The third kappa shape index (κ3) is 5.78. The minimum Gasteiger partial charge on any atom is -0.475 e. The van der Waals surface area contributed by atoms with Gasteiger partial charge in [-0.3, -0.25) is 4.79 Å². The van der Waals surface area contributed by atoms with E-state index in [4.69, 9.17) is 14.6 Å². The lowest BCUT2D eigenvalue weighted by atomic mass is 9.93. The number of hydrogen-bond donors (Lipinski definition) is 2. The fourth-order valence-corrected chi connectivity index (χ4v) is 4.32. The van der Waals surface area contributed by atoms with Crippen molar-refractivity contribution in [3.8, 4) is 0 Å². The summed E-state index contributed by atoms with van der Waals surface area (Å²) in [5, 5.41) is 20.5. The van der Waals surface area contributed by atoms with E-state index in [0.29, 0.717) is 18.4 Å². The van der Waals surface area contributed by atoms with Gasteiger partial charge in [0.25, 0.3) is 0 Å². The second-order valence-corrected chi connectivity index (χ2v) is 8.66. The number of nitrogens with one attached hydrogen (secondary N) is 1. The SMILES string of the molecule is Cc1nnc(N2C[C@@H]3C[C@@H](CC(=O)NC4CCC4)O[C@@H]3C2)s1.O=C(O)C(F)(F)F. The van der Waals surface area contributed by atoms with Crippen LogP contribution in [0.2, 0.25) is 0 Å². The smallest absolute Gasteiger partial charge is 0.475 e. The van der Waals surface area contributed by atoms with Crippen molar-refractivity contribution < 1.29 is 32.6 Å². The molecule has 0 spiro atoms. The van der Waals surface area contributed by atoms with E-state index in [9.17, 15) is 18.0 Å². The number of aryl methyl sites for hydroxylation is 1. The maximum Gasteiger partial charge on any atom is 0.490 e. The third-order valence-electron chi connectivity index (χ3n) is 5.23. The van der Waals surface area contributed by atoms with Crippen molar-refractivity contribution in [2.75, 3.05) is 18.0 Å². The third-order valence-corrected chi connectivity index (χ3v) is 6.13. The normalized spacial score (nSPS) is 26.3. The highest BCUT2D eigenvalue weighted by Gasteiger charge is 2.43. The standard InChI is InChI=1S/C15H22N4O2S.C2HF3O2/c1-9-17-18-15(22-9)19-7-10-5-12(21-13(10)8-19)6-14(20)16-11-3-2-4-11;3-2(4,5)1(6)7/h10-13H,2-8H2,1H3,(H,16,20);(H,6,7)/t10-,12-,13+;/m0./s1. The summed E-state index contributed by atoms with van der Waals surface area (Å²) in [4.78, 5) is 23.2. The van der Waals surface area contributed by atoms with Gasteiger partial charge in [0.15, 0.2) is 0 Å². The summed E-state index contributed by atoms with van der Waals surface area (Å²) < 4.78 is 37.8. The van der Waals surface area contributed by atoms with Crippen molar-refractivity contribution in [2.45, 2.75) is 63.5 Å². The predicted octanol–water partition coefficient (Wildman–Crippen LogP) is 2.13. The Hall–Kier alpha value is -1.95. The van der Waals surface area contributed by atoms with Gasteiger partial charge in [-0.15, -0.1) is 10.2 Å². The Morgan fingerprint density at radius 2 is 2.00 bits per heavy atom. The van der Waals surface area contributed by atoms with Crippen LogP contribution in [0.3, 0.4) is 0 Å². The highest BCUT2D eigenvalue weighted by Crippen LogP contribution is 2.37. The quantitative estimate of drug-likeness (QED) is 0.745. The molecule has 3 heterocycles. The number of rotatable bonds is 4. The molecule has 29 heavy (non-hydrogen) atoms. The van der Waals surface area contributed by atoms with Crippen LogP contribution < -0.4 is 10.2 Å². The molecule has 0 unspecified atom stereocenters. The molecule has 2 N–H and O–H groups in total. The van der Waals surface area contributed by atoms with Gasteiger partial charge in [0.05, 0.1) is 18.6 Å². The number of amides is 1. The molecule has 12 heteroatoms. The van der Waals surface area contributed by atoms with E-state index in [1.54, 1.807) is 11.3 Å². The summed E-state index contributed by atoms with van der Waals surface area (Å²) >= 11 is 1.63. The van der Waals surface area contributed by atoms with Gasteiger partial charge in [-0.1, -0.05) is 11.3 Å². The fraction of sp³-hybridized carbons (Fsp3) is 0.765. The molecule has 8 nitrogen and oxygen atoms in total. The molecule has 4 rings (SSSR count). The topological polar surface area (TPSA) is 105 Å². The molecule has 1 aromatic heterocycles. The monoisotopic (exact) mass is 436 g/mol. The molecule has 2 saturated heterocycles. The summed E-state index contributed by atoms with van der Waals surface area (Å²) in [6.45, 7) is 3.82. The van der Waals surface area contributed by atoms with Crippen LogP contribution in [0, 0.1) is 12.8 Å². The number of nitrogens with zero attached hydrogens (tertiary/aromatic N) is 3. The van der Waals surface area contributed by atoms with Gasteiger partial charge in [0.1, 0.15) is 5.01 Å². The van der Waals surface area contributed by atoms with Crippen molar-refractivity contribution in [3.63, 3.8) is 0 Å². The molecule has 1 amide bonds. The van der Waals surface area contributed by atoms with Crippen molar-refractivity contribution in [2.24, 2.45) is 5.92 Å². The molecule has 1 saturated carbocycles. The van der Waals surface area contributed by atoms with Crippen molar-refractivity contribution in [1.82, 2.24) is 15.5 Å². The van der Waals surface area contributed by atoms with Crippen LogP contribution in [0.25, 0.3) is 0 Å². The van der Waals surface area contributed by atoms with Gasteiger partial charge in [-0.25, -0.2) is 4.79 Å². The number of halogens is 3. The molecule has 3 aliphatic rings. The molecule has 0 aromatic carbocycles. The van der Waals surface area contributed by atoms with Gasteiger partial charge >= 0.3 is 12.1 Å². The number of ether oxygens (including phenoxy) is 1. The molecule has 0 radical (unpaired) electrons. The Morgan fingerprint density at radius 3 is 2.48 bits per heavy atom. The average molecular weight is 436 g/mol. The number of hydrogen-bond acceptors (Lipinski definition) is 7. The first-order chi connectivity index (χ1) is 13.6. The molecule has 3 fully saturated rings. The maximum atomic E-state index is 12.0. The Kier molecular flexibility index (Phi) is 6.62. The lowest BCUT2D eigenvalue weighted by molar-refractivity contribution is -0.192. The van der Waals surface area contributed by atoms with Gasteiger partial charge in [0.2, 0.25) is 11.0 Å². The molecule has 3 atom stereocenters. The van der Waals surface area contributed by atoms with Gasteiger partial charge in [-0.05, 0) is 32.6 Å². The number of carbonyl (C=O) groups excluding carboxylic acids is 1. The summed E-state index contributed by atoms with van der Waals surface area (Å²) in [5.41, 5.74) is 0. The van der Waals surface area contributed by atoms with E-state index >= 15 is 0 Å². The van der Waals surface area contributed by atoms with Crippen LogP contribution in [0.4, 0.5) is 18.3 Å². The summed E-state index contributed by atoms with van der Waals surface area (Å²) in [7, 11) is 0. The molecular weight excluding hydrogens is 413 g/mol. The van der Waals surface area contributed by atoms with Crippen molar-refractivity contribution in [1.29, 1.82) is 0 Å². The fourth-order valence-electron chi connectivity index (χ4n) is 3.61. The Bertz CT molecular complexity index is 727. The van der Waals surface area contributed by atoms with Crippen LogP contribution in [0.5, 0.6) is 0 Å². The molecule has 1 aliphatic carbocycles. The first-order valence-electron chi connectivity index (χ1n) is 9.42. The highest BCUT2D eigenvalue weighted by atomic mass is 32.1. The number of alkyl halides is 3. The number of aliphatic carboxylic acids is 1. The van der Waals surface area contributed by atoms with Crippen LogP contribution in [-0.4, -0.2) is 64.7 Å². The van der Waals surface area contributed by atoms with E-state index in [1.165, 1.54) is 6.42 Å². The van der Waals surface area contributed by atoms with Gasteiger partial charge < -0.3 is 20.1 Å². The number of carboxylic acids is 1. The maximum absolute atomic E-state index is 12.0. The summed E-state index contributed by atoms with van der Waals surface area (Å²) in [6.07, 6.45) is 0.269. The molecule has 2 aliphatic heterocycles. The zero-order valence-electron chi connectivity index (χ0n) is 15.8. The second-order valence-electron chi connectivity index (χ2n) is 7.50. The average Bonchev–Trinajstić information content (AvgIpc) is 3.25. The molecular formula is C17H23F3N4O4S. The van der Waals surface area contributed by atoms with E-state index in [2.05, 4.69) is 20.4 Å². The number of anilines is 1. The predicted molar refractivity (Wildman–Crippen MR) is 97.7 cm³/mol. The molecule has 1 aromatic rings. The number of carboxylic acid groups (broad SMARTS) is 1. The zero-order valence-corrected chi connectivity index (χ0v) is 16.6. The Labute approximate surface area is 169 Å². The Balaban J connectivity index is 0.000000298. The lowest BCUT2D eigenvalue weighted by Gasteiger charge is -2.27. The summed E-state index contributed by atoms with van der Waals surface area (Å²) in [6, 6.07) is 0.421. The zero-order chi connectivity index (χ0) is 21.2. The molecule has 0 bridgehead atoms. The van der Waals surface area contributed by atoms with Crippen LogP contribution in [0.15, 0.2) is 0 Å². The largest absolute Gasteiger partial charge is 0.490 e. The van der Waals surface area contributed by atoms with E-state index in [-0.39, 0.29) is 18.1 Å². The van der Waals surface area contributed by atoms with Crippen molar-refractivity contribution >= 4 is 28.3 Å². The highest BCUT2D eigenvalue weighted by molar-refractivity contribution is 7.15. The van der Waals surface area contributed by atoms with Crippen LogP contribution >= 0.6 is 11.3 Å². The lowest BCUT2D eigenvalue weighted by Crippen LogP contribution is -2.40. The van der Waals surface area contributed by atoms with E-state index in [0.717, 1.165) is 42.5 Å². The van der Waals surface area contributed by atoms with Gasteiger partial charge in [0, 0.05) is 25.0 Å². The Morgan fingerprint density at radius 1 is 1.31 bits per heavy atom. The number of fused-ring (bicyclic) bond motifs is 1. The minimum atomic E-state index is -5.08. The summed E-state index contributed by atoms with van der Waals surface area (Å²) in [5.74, 6) is -2.08. The number of aromatic nitrogens is 2. The van der Waals surface area contributed by atoms with Crippen molar-refractivity contribution in [3.05, 3.63) is 5.01 Å². The van der Waals surface area contributed by atoms with E-state index in [1.807, 2.05) is 6.92 Å². The second kappa shape index (κ2) is 8.82. The number of carbonyl (C=O) groups is 2. The first-order valence-corrected chi connectivity index (χ1v) is 10.2. The minimum absolute atomic E-state index is 0.0911.